The summed E-state index contributed by atoms with van der Waals surface area (Å²) in [4.78, 5) is 37.7. The molecule has 0 fully saturated rings. The Kier molecular flexibility index (Phi) is 36.6. The summed E-state index contributed by atoms with van der Waals surface area (Å²) < 4.78 is 16.7. The molecule has 0 saturated carbocycles. The van der Waals surface area contributed by atoms with Crippen molar-refractivity contribution in [2.75, 3.05) is 13.2 Å². The maximum atomic E-state index is 12.7. The van der Waals surface area contributed by atoms with Crippen LogP contribution in [0.25, 0.3) is 0 Å². The van der Waals surface area contributed by atoms with Gasteiger partial charge in [0, 0.05) is 19.3 Å². The molecule has 6 heteroatoms. The van der Waals surface area contributed by atoms with E-state index >= 15 is 0 Å². The quantitative estimate of drug-likeness (QED) is 0.0355. The molecule has 0 rings (SSSR count). The highest BCUT2D eigenvalue weighted by Gasteiger charge is 2.19. The number of hydrogen-bond acceptors (Lipinski definition) is 6. The van der Waals surface area contributed by atoms with E-state index in [0.717, 1.165) is 75.5 Å². The van der Waals surface area contributed by atoms with Gasteiger partial charge in [0.25, 0.3) is 0 Å². The Hall–Kier alpha value is -1.59. The highest BCUT2D eigenvalue weighted by Crippen LogP contribution is 2.17. The maximum Gasteiger partial charge on any atom is 0.306 e. The summed E-state index contributed by atoms with van der Waals surface area (Å²) >= 11 is 0. The van der Waals surface area contributed by atoms with Gasteiger partial charge in [-0.1, -0.05) is 202 Å². The molecule has 0 aliphatic rings. The van der Waals surface area contributed by atoms with Gasteiger partial charge in [0.05, 0.1) is 0 Å². The molecule has 0 bridgehead atoms. The van der Waals surface area contributed by atoms with E-state index in [-0.39, 0.29) is 31.1 Å². The fraction of sp³-hybridized carbons (Fsp3) is 0.935. The van der Waals surface area contributed by atoms with Crippen LogP contribution >= 0.6 is 0 Å². The lowest BCUT2D eigenvalue weighted by atomic mass is 10.00. The van der Waals surface area contributed by atoms with Gasteiger partial charge < -0.3 is 14.2 Å². The van der Waals surface area contributed by atoms with Crippen LogP contribution in [0.5, 0.6) is 0 Å². The first-order chi connectivity index (χ1) is 25.1. The number of carbonyl (C=O) groups is 3. The zero-order valence-electron chi connectivity index (χ0n) is 35.6. The minimum atomic E-state index is -0.762. The topological polar surface area (TPSA) is 78.9 Å². The van der Waals surface area contributed by atoms with Crippen molar-refractivity contribution in [3.8, 4) is 0 Å². The number of hydrogen-bond donors (Lipinski definition) is 0. The Morgan fingerprint density at radius 2 is 0.673 bits per heavy atom. The predicted octanol–water partition coefficient (Wildman–Crippen LogP) is 14.0. The molecule has 0 radical (unpaired) electrons. The average Bonchev–Trinajstić information content (AvgIpc) is 3.11. The third kappa shape index (κ3) is 38.1. The van der Waals surface area contributed by atoms with E-state index in [2.05, 4.69) is 41.5 Å². The maximum absolute atomic E-state index is 12.7. The molecule has 0 amide bonds. The number of carbonyl (C=O) groups excluding carboxylic acids is 3. The first-order valence-electron chi connectivity index (χ1n) is 22.6. The first kappa shape index (κ1) is 50.4. The van der Waals surface area contributed by atoms with Crippen molar-refractivity contribution in [3.63, 3.8) is 0 Å². The summed E-state index contributed by atoms with van der Waals surface area (Å²) in [5.41, 5.74) is 0. The van der Waals surface area contributed by atoms with Gasteiger partial charge in [-0.25, -0.2) is 0 Å². The number of unbranched alkanes of at least 4 members (excludes halogenated alkanes) is 21. The van der Waals surface area contributed by atoms with Crippen LogP contribution in [0, 0.1) is 17.8 Å². The molecule has 0 aromatic heterocycles. The largest absolute Gasteiger partial charge is 0.462 e. The van der Waals surface area contributed by atoms with Crippen LogP contribution in [0.4, 0.5) is 0 Å². The Morgan fingerprint density at radius 3 is 1.00 bits per heavy atom. The van der Waals surface area contributed by atoms with Gasteiger partial charge in [-0.2, -0.15) is 0 Å². The zero-order valence-corrected chi connectivity index (χ0v) is 35.6. The monoisotopic (exact) mass is 737 g/mol. The molecule has 0 saturated heterocycles. The Balaban J connectivity index is 4.33. The fourth-order valence-corrected chi connectivity index (χ4v) is 6.67. The van der Waals surface area contributed by atoms with E-state index in [1.54, 1.807) is 0 Å². The molecule has 0 aromatic carbocycles. The average molecular weight is 737 g/mol. The van der Waals surface area contributed by atoms with Crippen LogP contribution in [-0.4, -0.2) is 37.2 Å². The van der Waals surface area contributed by atoms with E-state index in [4.69, 9.17) is 14.2 Å². The SMILES string of the molecule is CCC(C)CCCCCCCCC(=O)OC[C@H](COC(=O)CCCCCCCCCCCCCC(C)C)OC(=O)CCCCCCCCCC(C)C. The van der Waals surface area contributed by atoms with Gasteiger partial charge in [-0.05, 0) is 37.0 Å². The van der Waals surface area contributed by atoms with E-state index in [1.165, 1.54) is 122 Å². The summed E-state index contributed by atoms with van der Waals surface area (Å²) in [6, 6.07) is 0. The van der Waals surface area contributed by atoms with Gasteiger partial charge in [0.2, 0.25) is 0 Å². The van der Waals surface area contributed by atoms with Crippen molar-refractivity contribution >= 4 is 17.9 Å². The highest BCUT2D eigenvalue weighted by atomic mass is 16.6. The summed E-state index contributed by atoms with van der Waals surface area (Å²) in [7, 11) is 0. The molecule has 52 heavy (non-hydrogen) atoms. The molecule has 308 valence electrons. The molecular formula is C46H88O6. The zero-order chi connectivity index (χ0) is 38.5. The summed E-state index contributed by atoms with van der Waals surface area (Å²) in [5, 5.41) is 0. The van der Waals surface area contributed by atoms with Crippen molar-refractivity contribution < 1.29 is 28.6 Å². The highest BCUT2D eigenvalue weighted by molar-refractivity contribution is 5.71. The van der Waals surface area contributed by atoms with Crippen LogP contribution < -0.4 is 0 Å². The van der Waals surface area contributed by atoms with Crippen molar-refractivity contribution in [2.24, 2.45) is 17.8 Å². The summed E-state index contributed by atoms with van der Waals surface area (Å²) in [6.45, 7) is 13.6. The van der Waals surface area contributed by atoms with Gasteiger partial charge >= 0.3 is 17.9 Å². The molecule has 1 unspecified atom stereocenters. The molecular weight excluding hydrogens is 648 g/mol. The fourth-order valence-electron chi connectivity index (χ4n) is 6.67. The van der Waals surface area contributed by atoms with Gasteiger partial charge in [0.15, 0.2) is 6.10 Å². The molecule has 0 aliphatic carbocycles. The number of esters is 3. The van der Waals surface area contributed by atoms with Crippen molar-refractivity contribution in [3.05, 3.63) is 0 Å². The van der Waals surface area contributed by atoms with Crippen molar-refractivity contribution in [1.29, 1.82) is 0 Å². The summed E-state index contributed by atoms with van der Waals surface area (Å²) in [6.07, 6.45) is 33.8. The summed E-state index contributed by atoms with van der Waals surface area (Å²) in [5.74, 6) is 1.55. The Labute approximate surface area is 323 Å². The molecule has 0 aliphatic heterocycles. The van der Waals surface area contributed by atoms with Crippen LogP contribution in [0.2, 0.25) is 0 Å². The molecule has 0 spiro atoms. The Morgan fingerprint density at radius 1 is 0.385 bits per heavy atom. The third-order valence-corrected chi connectivity index (χ3v) is 10.5. The van der Waals surface area contributed by atoms with Crippen LogP contribution in [0.3, 0.4) is 0 Å². The second kappa shape index (κ2) is 37.7. The second-order valence-corrected chi connectivity index (χ2v) is 16.9. The number of rotatable bonds is 39. The van der Waals surface area contributed by atoms with E-state index in [0.29, 0.717) is 19.3 Å². The smallest absolute Gasteiger partial charge is 0.306 e. The number of ether oxygens (including phenoxy) is 3. The standard InChI is InChI=1S/C46H88O6/c1-7-42(6)34-28-22-18-19-24-30-36-45(48)51-39-43(52-46(49)37-31-25-17-13-15-21-27-33-41(4)5)38-50-44(47)35-29-23-16-12-10-8-9-11-14-20-26-32-40(2)3/h40-43H,7-39H2,1-6H3/t42?,43-/m0/s1. The van der Waals surface area contributed by atoms with Crippen molar-refractivity contribution in [1.82, 2.24) is 0 Å². The minimum Gasteiger partial charge on any atom is -0.462 e. The van der Waals surface area contributed by atoms with Gasteiger partial charge in [0.1, 0.15) is 13.2 Å². The Bertz CT molecular complexity index is 809. The van der Waals surface area contributed by atoms with E-state index in [9.17, 15) is 14.4 Å². The molecule has 0 aromatic rings. The van der Waals surface area contributed by atoms with Crippen LogP contribution in [0.1, 0.15) is 241 Å². The van der Waals surface area contributed by atoms with Crippen molar-refractivity contribution in [2.45, 2.75) is 247 Å². The van der Waals surface area contributed by atoms with Gasteiger partial charge in [-0.15, -0.1) is 0 Å². The molecule has 0 heterocycles. The second-order valence-electron chi connectivity index (χ2n) is 16.9. The lowest BCUT2D eigenvalue weighted by Gasteiger charge is -2.18. The van der Waals surface area contributed by atoms with E-state index < -0.39 is 6.10 Å². The van der Waals surface area contributed by atoms with Crippen LogP contribution in [0.15, 0.2) is 0 Å². The van der Waals surface area contributed by atoms with Gasteiger partial charge in [-0.3, -0.25) is 14.4 Å². The molecule has 0 N–H and O–H groups in total. The molecule has 6 nitrogen and oxygen atoms in total. The molecule has 2 atom stereocenters. The first-order valence-corrected chi connectivity index (χ1v) is 22.6. The predicted molar refractivity (Wildman–Crippen MR) is 219 cm³/mol. The third-order valence-electron chi connectivity index (χ3n) is 10.5. The van der Waals surface area contributed by atoms with Crippen LogP contribution in [-0.2, 0) is 28.6 Å². The minimum absolute atomic E-state index is 0.0671. The van der Waals surface area contributed by atoms with E-state index in [1.807, 2.05) is 0 Å². The lowest BCUT2D eigenvalue weighted by Crippen LogP contribution is -2.30. The normalized spacial score (nSPS) is 12.7. The lowest BCUT2D eigenvalue weighted by molar-refractivity contribution is -0.167.